The summed E-state index contributed by atoms with van der Waals surface area (Å²) >= 11 is 0. The number of hydrogen-bond acceptors (Lipinski definition) is 5. The third kappa shape index (κ3) is 4.08. The Labute approximate surface area is 148 Å². The van der Waals surface area contributed by atoms with E-state index in [0.717, 1.165) is 56.0 Å². The summed E-state index contributed by atoms with van der Waals surface area (Å²) in [6.07, 6.45) is 4.22. The summed E-state index contributed by atoms with van der Waals surface area (Å²) in [6.45, 7) is 7.59. The van der Waals surface area contributed by atoms with E-state index in [1.165, 1.54) is 5.56 Å². The van der Waals surface area contributed by atoms with E-state index in [0.29, 0.717) is 18.2 Å². The highest BCUT2D eigenvalue weighted by atomic mass is 16.5. The number of nitrogens with zero attached hydrogens (tertiary/aromatic N) is 5. The summed E-state index contributed by atoms with van der Waals surface area (Å²) in [7, 11) is 1.95. The highest BCUT2D eigenvalue weighted by Gasteiger charge is 2.26. The van der Waals surface area contributed by atoms with Crippen LogP contribution in [-0.4, -0.2) is 43.8 Å². The largest absolute Gasteiger partial charge is 0.342 e. The van der Waals surface area contributed by atoms with Crippen molar-refractivity contribution in [1.29, 1.82) is 0 Å². The van der Waals surface area contributed by atoms with Crippen molar-refractivity contribution >= 4 is 5.91 Å². The van der Waals surface area contributed by atoms with Crippen LogP contribution in [0.1, 0.15) is 47.9 Å². The molecule has 3 heterocycles. The standard InChI is InChI=1S/C18H27N5O2/c1-12-16(13(2)22(4)20-12)6-8-18(24)23-10-9-15(11-23)5-7-17-19-14(3)25-21-17/h15H,5-11H2,1-4H3. The minimum Gasteiger partial charge on any atom is -0.342 e. The zero-order valence-corrected chi connectivity index (χ0v) is 15.6. The van der Waals surface area contributed by atoms with Crippen LogP contribution in [0, 0.1) is 26.7 Å². The fraction of sp³-hybridized carbons (Fsp3) is 0.667. The molecule has 3 rings (SSSR count). The SMILES string of the molecule is Cc1nc(CCC2CCN(C(=O)CCc3c(C)nn(C)c3C)C2)no1. The van der Waals surface area contributed by atoms with Crippen LogP contribution in [0.4, 0.5) is 0 Å². The molecule has 25 heavy (non-hydrogen) atoms. The first-order chi connectivity index (χ1) is 11.9. The lowest BCUT2D eigenvalue weighted by molar-refractivity contribution is -0.130. The van der Waals surface area contributed by atoms with Gasteiger partial charge in [0.1, 0.15) is 0 Å². The monoisotopic (exact) mass is 345 g/mol. The lowest BCUT2D eigenvalue weighted by Gasteiger charge is -2.16. The summed E-state index contributed by atoms with van der Waals surface area (Å²) in [4.78, 5) is 18.8. The maximum absolute atomic E-state index is 12.5. The van der Waals surface area contributed by atoms with Crippen LogP contribution in [0.25, 0.3) is 0 Å². The van der Waals surface area contributed by atoms with E-state index in [2.05, 4.69) is 22.2 Å². The zero-order chi connectivity index (χ0) is 18.0. The van der Waals surface area contributed by atoms with Gasteiger partial charge in [0.2, 0.25) is 11.8 Å². The third-order valence-electron chi connectivity index (χ3n) is 5.23. The number of hydrogen-bond donors (Lipinski definition) is 0. The predicted octanol–water partition coefficient (Wildman–Crippen LogP) is 2.14. The molecule has 136 valence electrons. The Morgan fingerprint density at radius 2 is 2.08 bits per heavy atom. The average molecular weight is 345 g/mol. The van der Waals surface area contributed by atoms with Crippen molar-refractivity contribution in [2.45, 2.75) is 52.9 Å². The fourth-order valence-electron chi connectivity index (χ4n) is 3.64. The third-order valence-corrected chi connectivity index (χ3v) is 5.23. The van der Waals surface area contributed by atoms with Crippen molar-refractivity contribution in [1.82, 2.24) is 24.8 Å². The second-order valence-electron chi connectivity index (χ2n) is 7.04. The van der Waals surface area contributed by atoms with E-state index in [-0.39, 0.29) is 5.91 Å². The van der Waals surface area contributed by atoms with Gasteiger partial charge in [-0.3, -0.25) is 9.48 Å². The molecular weight excluding hydrogens is 318 g/mol. The van der Waals surface area contributed by atoms with E-state index in [1.807, 2.05) is 23.6 Å². The normalized spacial score (nSPS) is 17.4. The van der Waals surface area contributed by atoms with Crippen molar-refractivity contribution in [2.24, 2.45) is 13.0 Å². The molecule has 1 unspecified atom stereocenters. The number of likely N-dealkylation sites (tertiary alicyclic amines) is 1. The van der Waals surface area contributed by atoms with Gasteiger partial charge in [0.15, 0.2) is 5.82 Å². The molecule has 1 aliphatic rings. The molecular formula is C18H27N5O2. The Bertz CT molecular complexity index is 749. The first kappa shape index (κ1) is 17.6. The van der Waals surface area contributed by atoms with Crippen LogP contribution in [0.15, 0.2) is 4.52 Å². The predicted molar refractivity (Wildman–Crippen MR) is 93.0 cm³/mol. The molecule has 2 aromatic heterocycles. The topological polar surface area (TPSA) is 77.1 Å². The van der Waals surface area contributed by atoms with Crippen LogP contribution < -0.4 is 0 Å². The first-order valence-electron chi connectivity index (χ1n) is 9.00. The molecule has 0 saturated carbocycles. The number of rotatable bonds is 6. The van der Waals surface area contributed by atoms with Gasteiger partial charge in [0.05, 0.1) is 5.69 Å². The van der Waals surface area contributed by atoms with E-state index >= 15 is 0 Å². The zero-order valence-electron chi connectivity index (χ0n) is 15.6. The maximum Gasteiger partial charge on any atom is 0.223 e. The molecule has 0 spiro atoms. The summed E-state index contributed by atoms with van der Waals surface area (Å²) in [5.74, 6) is 2.16. The van der Waals surface area contributed by atoms with Crippen molar-refractivity contribution < 1.29 is 9.32 Å². The Hall–Kier alpha value is -2.18. The number of aryl methyl sites for hydroxylation is 4. The minimum atomic E-state index is 0.251. The molecule has 7 heteroatoms. The molecule has 1 fully saturated rings. The van der Waals surface area contributed by atoms with Crippen LogP contribution in [-0.2, 0) is 24.7 Å². The smallest absolute Gasteiger partial charge is 0.223 e. The van der Waals surface area contributed by atoms with E-state index < -0.39 is 0 Å². The van der Waals surface area contributed by atoms with Gasteiger partial charge >= 0.3 is 0 Å². The van der Waals surface area contributed by atoms with Gasteiger partial charge in [-0.15, -0.1) is 0 Å². The van der Waals surface area contributed by atoms with Gasteiger partial charge in [-0.25, -0.2) is 0 Å². The molecule has 7 nitrogen and oxygen atoms in total. The van der Waals surface area contributed by atoms with E-state index in [4.69, 9.17) is 4.52 Å². The van der Waals surface area contributed by atoms with Gasteiger partial charge in [-0.2, -0.15) is 10.1 Å². The molecule has 1 saturated heterocycles. The van der Waals surface area contributed by atoms with Crippen molar-refractivity contribution in [3.05, 3.63) is 28.7 Å². The van der Waals surface area contributed by atoms with E-state index in [9.17, 15) is 4.79 Å². The van der Waals surface area contributed by atoms with E-state index in [1.54, 1.807) is 6.92 Å². The van der Waals surface area contributed by atoms with Gasteiger partial charge < -0.3 is 9.42 Å². The molecule has 0 aromatic carbocycles. The summed E-state index contributed by atoms with van der Waals surface area (Å²) in [5.41, 5.74) is 3.39. The Morgan fingerprint density at radius 3 is 2.72 bits per heavy atom. The molecule has 1 amide bonds. The van der Waals surface area contributed by atoms with Gasteiger partial charge in [0, 0.05) is 45.6 Å². The van der Waals surface area contributed by atoms with Crippen molar-refractivity contribution in [3.63, 3.8) is 0 Å². The summed E-state index contributed by atoms with van der Waals surface area (Å²) in [6, 6.07) is 0. The molecule has 1 atom stereocenters. The van der Waals surface area contributed by atoms with Crippen LogP contribution >= 0.6 is 0 Å². The summed E-state index contributed by atoms with van der Waals surface area (Å²) < 4.78 is 6.89. The van der Waals surface area contributed by atoms with Gasteiger partial charge in [-0.05, 0) is 44.6 Å². The minimum absolute atomic E-state index is 0.251. The first-order valence-corrected chi connectivity index (χ1v) is 9.00. The molecule has 1 aliphatic heterocycles. The second kappa shape index (κ2) is 7.37. The molecule has 0 aliphatic carbocycles. The van der Waals surface area contributed by atoms with Gasteiger partial charge in [-0.1, -0.05) is 5.16 Å². The highest BCUT2D eigenvalue weighted by Crippen LogP contribution is 2.22. The molecule has 2 aromatic rings. The quantitative estimate of drug-likeness (QED) is 0.802. The lowest BCUT2D eigenvalue weighted by atomic mass is 10.0. The number of carbonyl (C=O) groups is 1. The Balaban J connectivity index is 1.45. The second-order valence-corrected chi connectivity index (χ2v) is 7.04. The molecule has 0 bridgehead atoms. The Kier molecular flexibility index (Phi) is 5.20. The van der Waals surface area contributed by atoms with Gasteiger partial charge in [0.25, 0.3) is 0 Å². The average Bonchev–Trinajstić information content (AvgIpc) is 3.26. The number of aromatic nitrogens is 4. The van der Waals surface area contributed by atoms with Crippen LogP contribution in [0.3, 0.4) is 0 Å². The maximum atomic E-state index is 12.5. The van der Waals surface area contributed by atoms with Crippen LogP contribution in [0.2, 0.25) is 0 Å². The molecule has 0 radical (unpaired) electrons. The number of amides is 1. The van der Waals surface area contributed by atoms with Crippen LogP contribution in [0.5, 0.6) is 0 Å². The van der Waals surface area contributed by atoms with Crippen molar-refractivity contribution in [3.8, 4) is 0 Å². The highest BCUT2D eigenvalue weighted by molar-refractivity contribution is 5.76. The lowest BCUT2D eigenvalue weighted by Crippen LogP contribution is -2.29. The molecule has 0 N–H and O–H groups in total. The summed E-state index contributed by atoms with van der Waals surface area (Å²) in [5, 5.41) is 8.36. The fourth-order valence-corrected chi connectivity index (χ4v) is 3.64. The van der Waals surface area contributed by atoms with Crippen molar-refractivity contribution in [2.75, 3.05) is 13.1 Å². The number of carbonyl (C=O) groups excluding carboxylic acids is 1. The Morgan fingerprint density at radius 1 is 1.28 bits per heavy atom.